The summed E-state index contributed by atoms with van der Waals surface area (Å²) in [5.74, 6) is 1.40. The van der Waals surface area contributed by atoms with Gasteiger partial charge in [0.1, 0.15) is 12.3 Å². The van der Waals surface area contributed by atoms with Crippen molar-refractivity contribution in [1.29, 1.82) is 0 Å². The Morgan fingerprint density at radius 1 is 1.24 bits per heavy atom. The number of hydrogen-bond acceptors (Lipinski definition) is 5. The Kier molecular flexibility index (Phi) is 4.01. The number of fused-ring (bicyclic) bond motifs is 1. The highest BCUT2D eigenvalue weighted by molar-refractivity contribution is 9.10. The van der Waals surface area contributed by atoms with Crippen LogP contribution >= 0.6 is 15.9 Å². The van der Waals surface area contributed by atoms with Gasteiger partial charge in [-0.15, -0.1) is 0 Å². The SMILES string of the molecule is Cc1ccc2c(c1)N(Cc1nc(-c3cccc(Br)c3)no1)C(=O)CO2. The van der Waals surface area contributed by atoms with Crippen LogP contribution < -0.4 is 9.64 Å². The van der Waals surface area contributed by atoms with Crippen LogP contribution in [0, 0.1) is 6.92 Å². The fourth-order valence-electron chi connectivity index (χ4n) is 2.68. The Morgan fingerprint density at radius 3 is 2.96 bits per heavy atom. The molecule has 6 nitrogen and oxygen atoms in total. The molecule has 0 N–H and O–H groups in total. The van der Waals surface area contributed by atoms with E-state index in [1.54, 1.807) is 4.90 Å². The highest BCUT2D eigenvalue weighted by Gasteiger charge is 2.27. The Hall–Kier alpha value is -2.67. The molecule has 3 aromatic rings. The van der Waals surface area contributed by atoms with Crippen LogP contribution in [0.4, 0.5) is 5.69 Å². The van der Waals surface area contributed by atoms with Gasteiger partial charge in [0.15, 0.2) is 6.61 Å². The first-order valence-corrected chi connectivity index (χ1v) is 8.52. The van der Waals surface area contributed by atoms with Gasteiger partial charge in [0.05, 0.1) is 5.69 Å². The number of rotatable bonds is 3. The molecule has 25 heavy (non-hydrogen) atoms. The lowest BCUT2D eigenvalue weighted by molar-refractivity contribution is -0.121. The summed E-state index contributed by atoms with van der Waals surface area (Å²) < 4.78 is 11.8. The molecular weight excluding hydrogens is 386 g/mol. The van der Waals surface area contributed by atoms with Gasteiger partial charge in [0.25, 0.3) is 5.91 Å². The van der Waals surface area contributed by atoms with Crippen LogP contribution in [0.2, 0.25) is 0 Å². The van der Waals surface area contributed by atoms with Gasteiger partial charge in [-0.05, 0) is 36.8 Å². The zero-order chi connectivity index (χ0) is 17.4. The van der Waals surface area contributed by atoms with Crippen molar-refractivity contribution in [2.45, 2.75) is 13.5 Å². The van der Waals surface area contributed by atoms with Gasteiger partial charge in [-0.25, -0.2) is 0 Å². The lowest BCUT2D eigenvalue weighted by atomic mass is 10.1. The molecule has 0 atom stereocenters. The normalized spacial score (nSPS) is 13.5. The number of halogens is 1. The summed E-state index contributed by atoms with van der Waals surface area (Å²) in [6.07, 6.45) is 0. The van der Waals surface area contributed by atoms with E-state index >= 15 is 0 Å². The fraction of sp³-hybridized carbons (Fsp3) is 0.167. The van der Waals surface area contributed by atoms with Gasteiger partial charge in [-0.1, -0.05) is 39.3 Å². The number of hydrogen-bond donors (Lipinski definition) is 0. The van der Waals surface area contributed by atoms with Gasteiger partial charge >= 0.3 is 0 Å². The number of aromatic nitrogens is 2. The molecule has 1 amide bonds. The standard InChI is InChI=1S/C18H14BrN3O3/c1-11-5-6-15-14(7-11)22(17(23)10-24-15)9-16-20-18(21-25-16)12-3-2-4-13(19)8-12/h2-8H,9-10H2,1H3. The zero-order valence-corrected chi connectivity index (χ0v) is 15.0. The lowest BCUT2D eigenvalue weighted by Gasteiger charge is -2.28. The summed E-state index contributed by atoms with van der Waals surface area (Å²) in [7, 11) is 0. The van der Waals surface area contributed by atoms with Gasteiger partial charge in [0.2, 0.25) is 11.7 Å². The minimum absolute atomic E-state index is 0.00267. The van der Waals surface area contributed by atoms with Gasteiger partial charge in [-0.2, -0.15) is 4.98 Å². The Bertz CT molecular complexity index is 954. The minimum Gasteiger partial charge on any atom is -0.482 e. The van der Waals surface area contributed by atoms with Crippen LogP contribution in [0.3, 0.4) is 0 Å². The van der Waals surface area contributed by atoms with Crippen LogP contribution in [0.5, 0.6) is 5.75 Å². The zero-order valence-electron chi connectivity index (χ0n) is 13.4. The number of ether oxygens (including phenoxy) is 1. The first-order valence-electron chi connectivity index (χ1n) is 7.72. The minimum atomic E-state index is -0.139. The van der Waals surface area contributed by atoms with E-state index in [-0.39, 0.29) is 19.1 Å². The smallest absolute Gasteiger partial charge is 0.265 e. The van der Waals surface area contributed by atoms with Crippen molar-refractivity contribution in [1.82, 2.24) is 10.1 Å². The molecule has 4 rings (SSSR count). The summed E-state index contributed by atoms with van der Waals surface area (Å²) in [6, 6.07) is 13.4. The molecule has 126 valence electrons. The van der Waals surface area contributed by atoms with E-state index in [4.69, 9.17) is 9.26 Å². The molecule has 7 heteroatoms. The van der Waals surface area contributed by atoms with Crippen molar-refractivity contribution in [2.24, 2.45) is 0 Å². The molecule has 2 heterocycles. The maximum Gasteiger partial charge on any atom is 0.265 e. The van der Waals surface area contributed by atoms with Crippen LogP contribution in [0.25, 0.3) is 11.4 Å². The Labute approximate surface area is 152 Å². The van der Waals surface area contributed by atoms with Gasteiger partial charge < -0.3 is 9.26 Å². The molecule has 0 aliphatic carbocycles. The first kappa shape index (κ1) is 15.8. The number of aryl methyl sites for hydroxylation is 1. The van der Waals surface area contributed by atoms with E-state index in [9.17, 15) is 4.79 Å². The van der Waals surface area contributed by atoms with Crippen molar-refractivity contribution < 1.29 is 14.1 Å². The average molecular weight is 400 g/mol. The summed E-state index contributed by atoms with van der Waals surface area (Å²) >= 11 is 3.43. The molecule has 2 aromatic carbocycles. The second-order valence-electron chi connectivity index (χ2n) is 5.76. The van der Waals surface area contributed by atoms with E-state index in [1.807, 2.05) is 49.4 Å². The largest absolute Gasteiger partial charge is 0.482 e. The predicted molar refractivity (Wildman–Crippen MR) is 95.3 cm³/mol. The third-order valence-corrected chi connectivity index (χ3v) is 4.39. The molecular formula is C18H14BrN3O3. The molecule has 1 aliphatic rings. The van der Waals surface area contributed by atoms with E-state index in [2.05, 4.69) is 26.1 Å². The van der Waals surface area contributed by atoms with Crippen LogP contribution in [0.1, 0.15) is 11.5 Å². The summed E-state index contributed by atoms with van der Waals surface area (Å²) in [5, 5.41) is 4.02. The molecule has 1 aromatic heterocycles. The van der Waals surface area contributed by atoms with E-state index in [0.717, 1.165) is 21.3 Å². The molecule has 0 saturated carbocycles. The maximum atomic E-state index is 12.3. The van der Waals surface area contributed by atoms with Crippen LogP contribution in [-0.2, 0) is 11.3 Å². The number of carbonyl (C=O) groups excluding carboxylic acids is 1. The van der Waals surface area contributed by atoms with E-state index in [0.29, 0.717) is 17.5 Å². The molecule has 0 radical (unpaired) electrons. The second-order valence-corrected chi connectivity index (χ2v) is 6.68. The quantitative estimate of drug-likeness (QED) is 0.670. The van der Waals surface area contributed by atoms with Crippen molar-refractivity contribution >= 4 is 27.5 Å². The van der Waals surface area contributed by atoms with Crippen LogP contribution in [0.15, 0.2) is 51.5 Å². The van der Waals surface area contributed by atoms with Gasteiger partial charge in [0, 0.05) is 10.0 Å². The third-order valence-electron chi connectivity index (χ3n) is 3.90. The molecule has 0 bridgehead atoms. The number of anilines is 1. The maximum absolute atomic E-state index is 12.3. The highest BCUT2D eigenvalue weighted by atomic mass is 79.9. The number of nitrogens with zero attached hydrogens (tertiary/aromatic N) is 3. The average Bonchev–Trinajstić information content (AvgIpc) is 3.06. The molecule has 0 unspecified atom stereocenters. The third kappa shape index (κ3) is 3.15. The molecule has 0 fully saturated rings. The summed E-state index contributed by atoms with van der Waals surface area (Å²) in [4.78, 5) is 18.3. The monoisotopic (exact) mass is 399 g/mol. The van der Waals surface area contributed by atoms with E-state index in [1.165, 1.54) is 0 Å². The second kappa shape index (κ2) is 6.33. The number of benzene rings is 2. The Balaban J connectivity index is 1.63. The topological polar surface area (TPSA) is 68.5 Å². The first-order chi connectivity index (χ1) is 12.1. The number of carbonyl (C=O) groups is 1. The van der Waals surface area contributed by atoms with Crippen molar-refractivity contribution in [3.63, 3.8) is 0 Å². The molecule has 1 aliphatic heterocycles. The lowest BCUT2D eigenvalue weighted by Crippen LogP contribution is -2.38. The van der Waals surface area contributed by atoms with E-state index < -0.39 is 0 Å². The molecule has 0 saturated heterocycles. The van der Waals surface area contributed by atoms with Gasteiger partial charge in [-0.3, -0.25) is 9.69 Å². The predicted octanol–water partition coefficient (Wildman–Crippen LogP) is 3.73. The van der Waals surface area contributed by atoms with Crippen molar-refractivity contribution in [3.05, 3.63) is 58.4 Å². The highest BCUT2D eigenvalue weighted by Crippen LogP contribution is 2.33. The number of amides is 1. The van der Waals surface area contributed by atoms with Crippen LogP contribution in [-0.4, -0.2) is 22.7 Å². The van der Waals surface area contributed by atoms with Crippen molar-refractivity contribution in [3.8, 4) is 17.1 Å². The fourth-order valence-corrected chi connectivity index (χ4v) is 3.08. The van der Waals surface area contributed by atoms with Crippen molar-refractivity contribution in [2.75, 3.05) is 11.5 Å². The summed E-state index contributed by atoms with van der Waals surface area (Å²) in [6.45, 7) is 2.18. The Morgan fingerprint density at radius 2 is 2.12 bits per heavy atom. The summed E-state index contributed by atoms with van der Waals surface area (Å²) in [5.41, 5.74) is 2.61. The molecule has 0 spiro atoms.